The summed E-state index contributed by atoms with van der Waals surface area (Å²) in [4.78, 5) is 71.3. The minimum Gasteiger partial charge on any atom is -0.460 e. The Morgan fingerprint density at radius 3 is 2.19 bits per heavy atom. The molecule has 9 atom stereocenters. The number of nitrogens with zero attached hydrogens (tertiary/aromatic N) is 2. The summed E-state index contributed by atoms with van der Waals surface area (Å²) in [7, 11) is 4.72. The first kappa shape index (κ1) is 47.8. The van der Waals surface area contributed by atoms with E-state index in [-0.39, 0.29) is 55.4 Å². The number of nitrogens with one attached hydrogen (secondary N) is 2. The topological polar surface area (TPSA) is 144 Å². The molecule has 1 unspecified atom stereocenters. The molecular formula is C44H71FN4O8. The SMILES string of the molecule is CC[C@H](C)[C@@H]([C@@H](CC(=O)N1CCC[C@H]1[C@H](OC)[C@@H](C)C(=O)NCCC1C=CC=CC=C1)OC)N(C)C(=O)[C@@H](NC(=O)[C@]1(F)CCC(C(=O)OC(C)(C)C)C1)C(C)C. The monoisotopic (exact) mass is 803 g/mol. The maximum Gasteiger partial charge on any atom is 0.309 e. The lowest BCUT2D eigenvalue weighted by Gasteiger charge is -2.41. The molecule has 1 saturated carbocycles. The minimum absolute atomic E-state index is 0.0216. The number of methoxy groups -OCH3 is 2. The molecule has 2 N–H and O–H groups in total. The molecule has 0 aromatic carbocycles. The Hall–Kier alpha value is -3.58. The summed E-state index contributed by atoms with van der Waals surface area (Å²) in [6.07, 6.45) is 13.5. The second kappa shape index (κ2) is 21.4. The van der Waals surface area contributed by atoms with E-state index in [0.717, 1.165) is 12.8 Å². The number of rotatable bonds is 19. The van der Waals surface area contributed by atoms with Crippen molar-refractivity contribution in [1.82, 2.24) is 20.4 Å². The van der Waals surface area contributed by atoms with Gasteiger partial charge in [-0.2, -0.15) is 0 Å². The number of amides is 4. The van der Waals surface area contributed by atoms with E-state index >= 15 is 4.39 Å². The predicted molar refractivity (Wildman–Crippen MR) is 218 cm³/mol. The van der Waals surface area contributed by atoms with E-state index in [1.807, 2.05) is 45.1 Å². The first-order valence-electron chi connectivity index (χ1n) is 20.9. The number of carbonyl (C=O) groups excluding carboxylic acids is 5. The van der Waals surface area contributed by atoms with Crippen molar-refractivity contribution in [3.05, 3.63) is 36.5 Å². The van der Waals surface area contributed by atoms with Crippen LogP contribution in [-0.4, -0.2) is 115 Å². The normalized spacial score (nSPS) is 24.3. The summed E-state index contributed by atoms with van der Waals surface area (Å²) in [6, 6.07) is -1.94. The summed E-state index contributed by atoms with van der Waals surface area (Å²) >= 11 is 0. The van der Waals surface area contributed by atoms with Crippen molar-refractivity contribution in [3.8, 4) is 0 Å². The third-order valence-electron chi connectivity index (χ3n) is 11.9. The van der Waals surface area contributed by atoms with Gasteiger partial charge in [0.25, 0.3) is 5.91 Å². The highest BCUT2D eigenvalue weighted by Crippen LogP contribution is 2.39. The van der Waals surface area contributed by atoms with Gasteiger partial charge in [-0.25, -0.2) is 4.39 Å². The molecule has 1 saturated heterocycles. The van der Waals surface area contributed by atoms with Gasteiger partial charge in [0.2, 0.25) is 17.7 Å². The molecule has 322 valence electrons. The zero-order chi connectivity index (χ0) is 42.7. The van der Waals surface area contributed by atoms with Crippen LogP contribution in [0.1, 0.15) is 107 Å². The number of esters is 1. The van der Waals surface area contributed by atoms with E-state index in [2.05, 4.69) is 22.8 Å². The minimum atomic E-state index is -2.32. The Morgan fingerprint density at radius 2 is 1.63 bits per heavy atom. The van der Waals surface area contributed by atoms with Gasteiger partial charge in [0.1, 0.15) is 11.6 Å². The molecule has 4 amide bonds. The number of likely N-dealkylation sites (tertiary alicyclic amines) is 1. The van der Waals surface area contributed by atoms with Crippen LogP contribution in [0, 0.1) is 29.6 Å². The maximum atomic E-state index is 16.2. The van der Waals surface area contributed by atoms with Gasteiger partial charge < -0.3 is 34.6 Å². The van der Waals surface area contributed by atoms with Crippen molar-refractivity contribution in [2.75, 3.05) is 34.4 Å². The Labute approximate surface area is 340 Å². The van der Waals surface area contributed by atoms with E-state index in [4.69, 9.17) is 14.2 Å². The average molecular weight is 803 g/mol. The Kier molecular flexibility index (Phi) is 18.0. The zero-order valence-electron chi connectivity index (χ0n) is 36.3. The van der Waals surface area contributed by atoms with Gasteiger partial charge in [0.15, 0.2) is 5.67 Å². The number of ether oxygens (including phenoxy) is 3. The summed E-state index contributed by atoms with van der Waals surface area (Å²) < 4.78 is 33.5. The molecule has 12 nitrogen and oxygen atoms in total. The molecule has 57 heavy (non-hydrogen) atoms. The fourth-order valence-electron chi connectivity index (χ4n) is 8.42. The van der Waals surface area contributed by atoms with Gasteiger partial charge in [0.05, 0.1) is 42.5 Å². The predicted octanol–water partition coefficient (Wildman–Crippen LogP) is 5.70. The van der Waals surface area contributed by atoms with Gasteiger partial charge in [0, 0.05) is 40.8 Å². The standard InChI is InChI=1S/C44H71FN4O8/c1-12-29(4)37(48(9)40(52)36(28(2)3)47-42(54)44(45)23-21-32(27-44)41(53)57-43(6,7)8)34(55-10)26-35(50)49-25-17-20-33(49)38(56-11)30(5)39(51)46-24-22-31-18-15-13-14-16-19-31/h13-16,18-19,28-34,36-38H,12,17,20-27H2,1-11H3,(H,46,51)(H,47,54)/t29-,30+,32?,33-,34+,36-,37-,38+,44-/m0/s1. The summed E-state index contributed by atoms with van der Waals surface area (Å²) in [5, 5.41) is 5.75. The van der Waals surface area contributed by atoms with Crippen LogP contribution in [0.15, 0.2) is 36.5 Å². The number of hydrogen-bond donors (Lipinski definition) is 2. The molecule has 13 heteroatoms. The van der Waals surface area contributed by atoms with E-state index in [1.165, 1.54) is 12.0 Å². The molecule has 1 heterocycles. The third kappa shape index (κ3) is 13.0. The Morgan fingerprint density at radius 1 is 0.982 bits per heavy atom. The van der Waals surface area contributed by atoms with Crippen LogP contribution in [-0.2, 0) is 38.2 Å². The van der Waals surface area contributed by atoms with Crippen LogP contribution in [0.4, 0.5) is 4.39 Å². The number of allylic oxidation sites excluding steroid dienone is 6. The van der Waals surface area contributed by atoms with Gasteiger partial charge in [-0.1, -0.05) is 77.5 Å². The van der Waals surface area contributed by atoms with Gasteiger partial charge in [-0.15, -0.1) is 0 Å². The number of likely N-dealkylation sites (N-methyl/N-ethyl adjacent to an activating group) is 1. The first-order valence-corrected chi connectivity index (χ1v) is 20.9. The molecule has 0 spiro atoms. The maximum absolute atomic E-state index is 16.2. The molecule has 0 radical (unpaired) electrons. The summed E-state index contributed by atoms with van der Waals surface area (Å²) in [5.41, 5.74) is -3.06. The highest BCUT2D eigenvalue weighted by atomic mass is 19.1. The van der Waals surface area contributed by atoms with Crippen LogP contribution in [0.25, 0.3) is 0 Å². The second-order valence-electron chi connectivity index (χ2n) is 17.6. The van der Waals surface area contributed by atoms with Crippen molar-refractivity contribution in [2.24, 2.45) is 29.6 Å². The van der Waals surface area contributed by atoms with E-state index < -0.39 is 71.1 Å². The Balaban J connectivity index is 1.71. The molecule has 2 aliphatic carbocycles. The third-order valence-corrected chi connectivity index (χ3v) is 11.9. The quantitative estimate of drug-likeness (QED) is 0.159. The van der Waals surface area contributed by atoms with E-state index in [0.29, 0.717) is 25.9 Å². The van der Waals surface area contributed by atoms with Crippen molar-refractivity contribution < 1.29 is 42.6 Å². The van der Waals surface area contributed by atoms with Gasteiger partial charge >= 0.3 is 5.97 Å². The van der Waals surface area contributed by atoms with Crippen LogP contribution in [0.2, 0.25) is 0 Å². The van der Waals surface area contributed by atoms with Gasteiger partial charge in [-0.05, 0) is 70.6 Å². The zero-order valence-corrected chi connectivity index (χ0v) is 36.3. The summed E-state index contributed by atoms with van der Waals surface area (Å²) in [6.45, 7) is 15.6. The molecule has 3 rings (SSSR count). The average Bonchev–Trinajstić information content (AvgIpc) is 3.73. The highest BCUT2D eigenvalue weighted by molar-refractivity contribution is 5.92. The van der Waals surface area contributed by atoms with Crippen LogP contribution < -0.4 is 10.6 Å². The van der Waals surface area contributed by atoms with Crippen molar-refractivity contribution in [1.29, 1.82) is 0 Å². The number of alkyl halides is 1. The number of carbonyl (C=O) groups is 5. The Bertz CT molecular complexity index is 1460. The van der Waals surface area contributed by atoms with Crippen molar-refractivity contribution in [3.63, 3.8) is 0 Å². The molecule has 0 aromatic rings. The molecular weight excluding hydrogens is 732 g/mol. The van der Waals surface area contributed by atoms with Crippen LogP contribution in [0.3, 0.4) is 0 Å². The number of hydrogen-bond acceptors (Lipinski definition) is 8. The fraction of sp³-hybridized carbons (Fsp3) is 0.750. The number of halogens is 1. The molecule has 0 bridgehead atoms. The van der Waals surface area contributed by atoms with E-state index in [1.54, 1.807) is 53.7 Å². The lowest BCUT2D eigenvalue weighted by atomic mass is 9.89. The molecule has 2 fully saturated rings. The van der Waals surface area contributed by atoms with Crippen LogP contribution in [0.5, 0.6) is 0 Å². The lowest BCUT2D eigenvalue weighted by molar-refractivity contribution is -0.160. The second-order valence-corrected chi connectivity index (χ2v) is 17.6. The van der Waals surface area contributed by atoms with Gasteiger partial charge in [-0.3, -0.25) is 24.0 Å². The van der Waals surface area contributed by atoms with E-state index in [9.17, 15) is 24.0 Å². The largest absolute Gasteiger partial charge is 0.460 e. The van der Waals surface area contributed by atoms with Crippen LogP contribution >= 0.6 is 0 Å². The molecule has 1 aliphatic heterocycles. The molecule has 3 aliphatic rings. The van der Waals surface area contributed by atoms with Crippen molar-refractivity contribution in [2.45, 2.75) is 148 Å². The molecule has 0 aromatic heterocycles. The lowest BCUT2D eigenvalue weighted by Crippen LogP contribution is -2.59. The first-order chi connectivity index (χ1) is 26.8. The summed E-state index contributed by atoms with van der Waals surface area (Å²) in [5.74, 6) is -3.72. The smallest absolute Gasteiger partial charge is 0.309 e. The van der Waals surface area contributed by atoms with Crippen molar-refractivity contribution >= 4 is 29.6 Å². The fourth-order valence-corrected chi connectivity index (χ4v) is 8.42. The highest BCUT2D eigenvalue weighted by Gasteiger charge is 2.50.